The second kappa shape index (κ2) is 11.6. The van der Waals surface area contributed by atoms with Crippen molar-refractivity contribution in [1.82, 2.24) is 9.88 Å². The maximum Gasteiger partial charge on any atom is 0.264 e. The first kappa shape index (κ1) is 25.3. The summed E-state index contributed by atoms with van der Waals surface area (Å²) >= 11 is 0. The molecule has 0 aliphatic rings. The molecule has 1 N–H and O–H groups in total. The summed E-state index contributed by atoms with van der Waals surface area (Å²) in [4.78, 5) is 16.1. The highest BCUT2D eigenvalue weighted by atomic mass is 32.2. The number of hydrogen-bond acceptors (Lipinski definition) is 9. The van der Waals surface area contributed by atoms with Gasteiger partial charge < -0.3 is 9.72 Å². The van der Waals surface area contributed by atoms with Gasteiger partial charge in [-0.1, -0.05) is 0 Å². The molecular weight excluding hydrogens is 448 g/mol. The highest BCUT2D eigenvalue weighted by Gasteiger charge is 2.10. The molecule has 0 saturated heterocycles. The summed E-state index contributed by atoms with van der Waals surface area (Å²) in [6.07, 6.45) is 3.41. The summed E-state index contributed by atoms with van der Waals surface area (Å²) in [5.74, 6) is 0.648. The van der Waals surface area contributed by atoms with Crippen molar-refractivity contribution in [2.24, 2.45) is 0 Å². The third-order valence-electron chi connectivity index (χ3n) is 4.24. The van der Waals surface area contributed by atoms with Gasteiger partial charge in [-0.25, -0.2) is 0 Å². The normalized spacial score (nSPS) is 12.5. The third kappa shape index (κ3) is 10.7. The number of fused-ring (bicyclic) bond motifs is 1. The van der Waals surface area contributed by atoms with Crippen molar-refractivity contribution in [3.63, 3.8) is 0 Å². The van der Waals surface area contributed by atoms with Crippen LogP contribution in [0.1, 0.15) is 12.8 Å². The molecule has 10 nitrogen and oxygen atoms in total. The van der Waals surface area contributed by atoms with Crippen LogP contribution in [0, 0.1) is 0 Å². The predicted octanol–water partition coefficient (Wildman–Crippen LogP) is 0.942. The van der Waals surface area contributed by atoms with Crippen LogP contribution in [-0.4, -0.2) is 78.7 Å². The van der Waals surface area contributed by atoms with Gasteiger partial charge in [-0.2, -0.15) is 16.8 Å². The van der Waals surface area contributed by atoms with Crippen LogP contribution < -0.4 is 10.3 Å². The molecule has 2 aromatic rings. The van der Waals surface area contributed by atoms with Crippen LogP contribution in [0.25, 0.3) is 10.9 Å². The number of unbranched alkanes of at least 4 members (excludes halogenated alkanes) is 1. The van der Waals surface area contributed by atoms with Crippen LogP contribution in [0.5, 0.6) is 5.75 Å². The van der Waals surface area contributed by atoms with Gasteiger partial charge in [0.1, 0.15) is 5.75 Å². The van der Waals surface area contributed by atoms with E-state index in [2.05, 4.69) is 4.98 Å². The van der Waals surface area contributed by atoms with Gasteiger partial charge in [0.25, 0.3) is 20.2 Å². The fourth-order valence-electron chi connectivity index (χ4n) is 2.82. The van der Waals surface area contributed by atoms with E-state index in [0.717, 1.165) is 30.7 Å². The molecule has 0 spiro atoms. The number of H-pyrrole nitrogens is 1. The molecule has 1 heterocycles. The van der Waals surface area contributed by atoms with Gasteiger partial charge in [0.2, 0.25) is 5.56 Å². The van der Waals surface area contributed by atoms with E-state index >= 15 is 0 Å². The number of nitrogens with one attached hydrogen (secondary N) is 1. The van der Waals surface area contributed by atoms with E-state index < -0.39 is 20.2 Å². The lowest BCUT2D eigenvalue weighted by Crippen LogP contribution is -2.33. The maximum absolute atomic E-state index is 11.4. The van der Waals surface area contributed by atoms with E-state index in [-0.39, 0.29) is 18.8 Å². The molecule has 0 bridgehead atoms. The van der Waals surface area contributed by atoms with E-state index in [1.807, 2.05) is 17.0 Å². The molecule has 0 radical (unpaired) electrons. The number of rotatable bonds is 14. The van der Waals surface area contributed by atoms with E-state index in [0.29, 0.717) is 37.5 Å². The van der Waals surface area contributed by atoms with Crippen LogP contribution >= 0.6 is 0 Å². The summed E-state index contributed by atoms with van der Waals surface area (Å²) in [6.45, 7) is 1.63. The fourth-order valence-corrected chi connectivity index (χ4v) is 3.57. The quantitative estimate of drug-likeness (QED) is 0.312. The van der Waals surface area contributed by atoms with Gasteiger partial charge in [-0.3, -0.25) is 18.1 Å². The Morgan fingerprint density at radius 3 is 2.06 bits per heavy atom. The standard InChI is InChI=1S/C19H28N2O8S2/c1-30(23,24)28-13-10-21(11-14-29-31(2,25)26)9-3-4-12-27-17-7-5-16-6-8-19(22)20-18(16)15-17/h5-8,15H,3-4,9-14H2,1-2H3,(H,20,22). The Morgan fingerprint density at radius 2 is 1.45 bits per heavy atom. The highest BCUT2D eigenvalue weighted by molar-refractivity contribution is 7.86. The van der Waals surface area contributed by atoms with Crippen molar-refractivity contribution in [3.05, 3.63) is 40.7 Å². The van der Waals surface area contributed by atoms with E-state index in [4.69, 9.17) is 13.1 Å². The van der Waals surface area contributed by atoms with Gasteiger partial charge in [0, 0.05) is 25.2 Å². The summed E-state index contributed by atoms with van der Waals surface area (Å²) in [6, 6.07) is 8.68. The SMILES string of the molecule is CS(=O)(=O)OCCN(CCCCOc1ccc2ccc(=O)[nH]c2c1)CCOS(C)(=O)=O. The zero-order valence-electron chi connectivity index (χ0n) is 17.6. The summed E-state index contributed by atoms with van der Waals surface area (Å²) in [5.41, 5.74) is 0.525. The van der Waals surface area contributed by atoms with Crippen LogP contribution in [0.15, 0.2) is 35.1 Å². The number of benzene rings is 1. The van der Waals surface area contributed by atoms with Gasteiger partial charge >= 0.3 is 0 Å². The molecule has 31 heavy (non-hydrogen) atoms. The van der Waals surface area contributed by atoms with Crippen molar-refractivity contribution in [2.45, 2.75) is 12.8 Å². The number of ether oxygens (including phenoxy) is 1. The molecule has 0 amide bonds. The first-order valence-corrected chi connectivity index (χ1v) is 13.3. The van der Waals surface area contributed by atoms with Crippen molar-refractivity contribution >= 4 is 31.1 Å². The molecule has 1 aromatic carbocycles. The van der Waals surface area contributed by atoms with E-state index in [9.17, 15) is 21.6 Å². The molecule has 0 aliphatic carbocycles. The Hall–Kier alpha value is -1.99. The molecular formula is C19H28N2O8S2. The Morgan fingerprint density at radius 1 is 0.839 bits per heavy atom. The Kier molecular flexibility index (Phi) is 9.44. The molecule has 1 aromatic heterocycles. The average Bonchev–Trinajstić information content (AvgIpc) is 2.65. The number of aromatic nitrogens is 1. The highest BCUT2D eigenvalue weighted by Crippen LogP contribution is 2.18. The molecule has 2 rings (SSSR count). The van der Waals surface area contributed by atoms with Gasteiger partial charge in [0.15, 0.2) is 0 Å². The minimum Gasteiger partial charge on any atom is -0.494 e. The second-order valence-corrected chi connectivity index (χ2v) is 10.3. The average molecular weight is 477 g/mol. The van der Waals surface area contributed by atoms with Crippen LogP contribution in [-0.2, 0) is 28.6 Å². The number of nitrogens with zero attached hydrogens (tertiary/aromatic N) is 1. The van der Waals surface area contributed by atoms with Gasteiger partial charge in [-0.05, 0) is 43.0 Å². The molecule has 0 aliphatic heterocycles. The number of pyridine rings is 1. The molecule has 12 heteroatoms. The third-order valence-corrected chi connectivity index (χ3v) is 5.43. The predicted molar refractivity (Wildman–Crippen MR) is 117 cm³/mol. The monoisotopic (exact) mass is 476 g/mol. The van der Waals surface area contributed by atoms with Gasteiger partial charge in [-0.15, -0.1) is 0 Å². The lowest BCUT2D eigenvalue weighted by atomic mass is 10.2. The fraction of sp³-hybridized carbons (Fsp3) is 0.526. The first-order valence-electron chi connectivity index (χ1n) is 9.69. The van der Waals surface area contributed by atoms with E-state index in [1.54, 1.807) is 12.1 Å². The zero-order valence-corrected chi connectivity index (χ0v) is 19.2. The summed E-state index contributed by atoms with van der Waals surface area (Å²) < 4.78 is 59.7. The lowest BCUT2D eigenvalue weighted by Gasteiger charge is -2.21. The lowest BCUT2D eigenvalue weighted by molar-refractivity contribution is 0.177. The Labute approximate surface area is 182 Å². The van der Waals surface area contributed by atoms with E-state index in [1.165, 1.54) is 6.07 Å². The minimum atomic E-state index is -3.54. The molecule has 0 atom stereocenters. The maximum atomic E-state index is 11.4. The Bertz CT molecular complexity index is 1080. The van der Waals surface area contributed by atoms with Crippen molar-refractivity contribution in [1.29, 1.82) is 0 Å². The largest absolute Gasteiger partial charge is 0.494 e. The first-order chi connectivity index (χ1) is 14.5. The van der Waals surface area contributed by atoms with Crippen LogP contribution in [0.4, 0.5) is 0 Å². The topological polar surface area (TPSA) is 132 Å². The number of aromatic amines is 1. The Balaban J connectivity index is 1.78. The van der Waals surface area contributed by atoms with Crippen molar-refractivity contribution in [2.75, 3.05) is 52.0 Å². The van der Waals surface area contributed by atoms with Crippen molar-refractivity contribution in [3.8, 4) is 5.75 Å². The molecule has 0 saturated carbocycles. The molecule has 0 fully saturated rings. The minimum absolute atomic E-state index is 0.0243. The zero-order chi connectivity index (χ0) is 22.9. The van der Waals surface area contributed by atoms with Crippen molar-refractivity contribution < 1.29 is 29.9 Å². The summed E-state index contributed by atoms with van der Waals surface area (Å²) in [5, 5.41) is 0.912. The van der Waals surface area contributed by atoms with Crippen LogP contribution in [0.2, 0.25) is 0 Å². The van der Waals surface area contributed by atoms with Gasteiger partial charge in [0.05, 0.1) is 37.8 Å². The smallest absolute Gasteiger partial charge is 0.264 e. The van der Waals surface area contributed by atoms with Crippen LogP contribution in [0.3, 0.4) is 0 Å². The molecule has 174 valence electrons. The second-order valence-electron chi connectivity index (χ2n) is 7.02. The summed E-state index contributed by atoms with van der Waals surface area (Å²) in [7, 11) is -7.08. The number of hydrogen-bond donors (Lipinski definition) is 1. The molecule has 0 unspecified atom stereocenters.